The van der Waals surface area contributed by atoms with Crippen molar-refractivity contribution in [2.75, 3.05) is 5.32 Å². The van der Waals surface area contributed by atoms with Crippen LogP contribution in [0, 0.1) is 12.7 Å². The summed E-state index contributed by atoms with van der Waals surface area (Å²) in [7, 11) is 1.81. The first-order chi connectivity index (χ1) is 15.4. The predicted molar refractivity (Wildman–Crippen MR) is 113 cm³/mol. The number of aryl methyl sites for hydroxylation is 2. The van der Waals surface area contributed by atoms with Crippen LogP contribution in [0.2, 0.25) is 0 Å². The van der Waals surface area contributed by atoms with Crippen LogP contribution in [0.4, 0.5) is 24.8 Å². The van der Waals surface area contributed by atoms with Gasteiger partial charge in [0, 0.05) is 24.2 Å². The number of rotatable bonds is 6. The molecule has 5 rings (SSSR count). The van der Waals surface area contributed by atoms with Crippen molar-refractivity contribution in [2.45, 2.75) is 32.1 Å². The minimum Gasteiger partial charge on any atom is -0.325 e. The number of halogens is 3. The number of hydrogen-bond donors (Lipinski definition) is 1. The first kappa shape index (κ1) is 20.2. The second-order valence-corrected chi connectivity index (χ2v) is 7.83. The van der Waals surface area contributed by atoms with E-state index < -0.39 is 6.43 Å². The number of nitrogens with one attached hydrogen (secondary N) is 1. The molecule has 1 aromatic carbocycles. The smallest absolute Gasteiger partial charge is 0.280 e. The molecule has 3 aromatic heterocycles. The lowest BCUT2D eigenvalue weighted by atomic mass is 10.0. The number of anilines is 2. The molecular formula is C22H20F3N7. The molecule has 0 amide bonds. The van der Waals surface area contributed by atoms with Gasteiger partial charge in [-0.2, -0.15) is 10.2 Å². The maximum Gasteiger partial charge on any atom is 0.280 e. The van der Waals surface area contributed by atoms with Crippen LogP contribution in [0.5, 0.6) is 0 Å². The van der Waals surface area contributed by atoms with E-state index in [1.165, 1.54) is 24.5 Å². The second kappa shape index (κ2) is 7.77. The van der Waals surface area contributed by atoms with Gasteiger partial charge in [0.1, 0.15) is 29.5 Å². The van der Waals surface area contributed by atoms with Gasteiger partial charge in [-0.05, 0) is 56.0 Å². The van der Waals surface area contributed by atoms with Crippen LogP contribution in [0.15, 0.2) is 42.7 Å². The summed E-state index contributed by atoms with van der Waals surface area (Å²) >= 11 is 0. The van der Waals surface area contributed by atoms with Gasteiger partial charge in [-0.15, -0.1) is 0 Å². The molecule has 0 saturated heterocycles. The molecule has 0 bridgehead atoms. The molecule has 0 unspecified atom stereocenters. The van der Waals surface area contributed by atoms with Crippen molar-refractivity contribution in [1.29, 1.82) is 0 Å². The molecule has 3 heterocycles. The summed E-state index contributed by atoms with van der Waals surface area (Å²) in [6.45, 7) is 1.65. The average molecular weight is 439 g/mol. The molecule has 10 heteroatoms. The number of alkyl halides is 2. The quantitative estimate of drug-likeness (QED) is 0.454. The molecule has 4 aromatic rings. The van der Waals surface area contributed by atoms with E-state index in [9.17, 15) is 13.2 Å². The van der Waals surface area contributed by atoms with E-state index in [4.69, 9.17) is 0 Å². The lowest BCUT2D eigenvalue weighted by molar-refractivity contribution is 0.142. The molecule has 1 aliphatic carbocycles. The number of aromatic nitrogens is 6. The molecule has 0 atom stereocenters. The zero-order valence-electron chi connectivity index (χ0n) is 17.4. The fraction of sp³-hybridized carbons (Fsp3) is 0.273. The maximum atomic E-state index is 13.4. The highest BCUT2D eigenvalue weighted by Crippen LogP contribution is 2.48. The number of nitrogens with zero attached hydrogens (tertiary/aromatic N) is 6. The Hall–Kier alpha value is -3.69. The molecule has 1 fully saturated rings. The summed E-state index contributed by atoms with van der Waals surface area (Å²) < 4.78 is 43.1. The van der Waals surface area contributed by atoms with E-state index in [0.717, 1.165) is 40.2 Å². The predicted octanol–water partition coefficient (Wildman–Crippen LogP) is 5.07. The lowest BCUT2D eigenvalue weighted by Crippen LogP contribution is -2.08. The summed E-state index contributed by atoms with van der Waals surface area (Å²) in [5, 5.41) is 12.1. The van der Waals surface area contributed by atoms with E-state index in [1.54, 1.807) is 29.8 Å². The van der Waals surface area contributed by atoms with Crippen LogP contribution in [0.3, 0.4) is 0 Å². The van der Waals surface area contributed by atoms with E-state index in [1.807, 2.05) is 7.05 Å². The Bertz CT molecular complexity index is 1270. The minimum absolute atomic E-state index is 0.232. The number of benzene rings is 1. The van der Waals surface area contributed by atoms with Gasteiger partial charge < -0.3 is 5.32 Å². The second-order valence-electron chi connectivity index (χ2n) is 7.83. The van der Waals surface area contributed by atoms with Crippen LogP contribution in [-0.2, 0) is 7.05 Å². The van der Waals surface area contributed by atoms with Gasteiger partial charge in [-0.3, -0.25) is 4.68 Å². The summed E-state index contributed by atoms with van der Waals surface area (Å²) in [6, 6.07) is 9.15. The fourth-order valence-electron chi connectivity index (χ4n) is 3.78. The van der Waals surface area contributed by atoms with Crippen LogP contribution in [-0.4, -0.2) is 29.5 Å². The van der Waals surface area contributed by atoms with Gasteiger partial charge in [0.15, 0.2) is 5.82 Å². The molecule has 1 aliphatic rings. The minimum atomic E-state index is -2.68. The van der Waals surface area contributed by atoms with E-state index in [-0.39, 0.29) is 17.3 Å². The molecule has 0 radical (unpaired) electrons. The molecule has 7 nitrogen and oxygen atoms in total. The van der Waals surface area contributed by atoms with Crippen molar-refractivity contribution in [3.63, 3.8) is 0 Å². The zero-order chi connectivity index (χ0) is 22.4. The first-order valence-electron chi connectivity index (χ1n) is 10.2. The maximum absolute atomic E-state index is 13.4. The van der Waals surface area contributed by atoms with Crippen molar-refractivity contribution < 1.29 is 13.2 Å². The standard InChI is InChI=1S/C22H20F3N7/c1-12-9-16(21(24)25)32(29-12)18-10-17(26-11-27-18)28-22-19(13-3-4-13)20(30-31(22)2)14-5-7-15(23)8-6-14/h5-11,13,21H,3-4H2,1-2H3,(H,26,27,28). The van der Waals surface area contributed by atoms with Gasteiger partial charge in [0.2, 0.25) is 0 Å². The summed E-state index contributed by atoms with van der Waals surface area (Å²) in [5.41, 5.74) is 2.89. The van der Waals surface area contributed by atoms with Crippen LogP contribution in [0.25, 0.3) is 17.1 Å². The van der Waals surface area contributed by atoms with Gasteiger partial charge in [0.25, 0.3) is 6.43 Å². The lowest BCUT2D eigenvalue weighted by Gasteiger charge is -2.11. The summed E-state index contributed by atoms with van der Waals surface area (Å²) in [4.78, 5) is 8.37. The van der Waals surface area contributed by atoms with Crippen molar-refractivity contribution in [1.82, 2.24) is 29.5 Å². The number of hydrogen-bond acceptors (Lipinski definition) is 5. The van der Waals surface area contributed by atoms with Gasteiger partial charge in [-0.1, -0.05) is 0 Å². The Balaban J connectivity index is 1.53. The summed E-state index contributed by atoms with van der Waals surface area (Å²) in [6.07, 6.45) is 0.694. The highest BCUT2D eigenvalue weighted by molar-refractivity contribution is 5.73. The Labute approximate surface area is 181 Å². The van der Waals surface area contributed by atoms with Crippen molar-refractivity contribution in [3.8, 4) is 17.1 Å². The Morgan fingerprint density at radius 3 is 2.50 bits per heavy atom. The van der Waals surface area contributed by atoms with E-state index >= 15 is 0 Å². The Morgan fingerprint density at radius 2 is 1.81 bits per heavy atom. The van der Waals surface area contributed by atoms with Crippen molar-refractivity contribution >= 4 is 11.6 Å². The monoisotopic (exact) mass is 439 g/mol. The SMILES string of the molecule is Cc1cc(C(F)F)n(-c2cc(Nc3c(C4CC4)c(-c4ccc(F)cc4)nn3C)ncn2)n1. The fourth-order valence-corrected chi connectivity index (χ4v) is 3.78. The summed E-state index contributed by atoms with van der Waals surface area (Å²) in [5.74, 6) is 1.45. The van der Waals surface area contributed by atoms with E-state index in [2.05, 4.69) is 25.5 Å². The molecule has 32 heavy (non-hydrogen) atoms. The molecule has 1 saturated carbocycles. The third kappa shape index (κ3) is 3.72. The van der Waals surface area contributed by atoms with E-state index in [0.29, 0.717) is 17.4 Å². The van der Waals surface area contributed by atoms with Crippen molar-refractivity contribution in [2.24, 2.45) is 7.05 Å². The van der Waals surface area contributed by atoms with Crippen LogP contribution < -0.4 is 5.32 Å². The third-order valence-corrected chi connectivity index (χ3v) is 5.39. The first-order valence-corrected chi connectivity index (χ1v) is 10.2. The van der Waals surface area contributed by atoms with Gasteiger partial charge >= 0.3 is 0 Å². The zero-order valence-corrected chi connectivity index (χ0v) is 17.4. The Kier molecular flexibility index (Phi) is 4.91. The average Bonchev–Trinajstić information content (AvgIpc) is 3.45. The van der Waals surface area contributed by atoms with Crippen LogP contribution in [0.1, 0.15) is 42.1 Å². The van der Waals surface area contributed by atoms with Gasteiger partial charge in [0.05, 0.1) is 11.4 Å². The molecule has 0 spiro atoms. The van der Waals surface area contributed by atoms with Crippen LogP contribution >= 0.6 is 0 Å². The molecule has 164 valence electrons. The largest absolute Gasteiger partial charge is 0.325 e. The normalized spacial score (nSPS) is 13.7. The highest BCUT2D eigenvalue weighted by atomic mass is 19.3. The highest BCUT2D eigenvalue weighted by Gasteiger charge is 2.33. The van der Waals surface area contributed by atoms with Crippen molar-refractivity contribution in [3.05, 3.63) is 65.5 Å². The van der Waals surface area contributed by atoms with Gasteiger partial charge in [-0.25, -0.2) is 27.8 Å². The topological polar surface area (TPSA) is 73.5 Å². The molecule has 1 N–H and O–H groups in total. The third-order valence-electron chi connectivity index (χ3n) is 5.39. The Morgan fingerprint density at radius 1 is 1.06 bits per heavy atom. The molecular weight excluding hydrogens is 419 g/mol. The molecule has 0 aliphatic heterocycles.